The summed E-state index contributed by atoms with van der Waals surface area (Å²) in [6.07, 6.45) is 1.56. The van der Waals surface area contributed by atoms with Crippen molar-refractivity contribution in [1.82, 2.24) is 0 Å². The molecule has 3 nitrogen and oxygen atoms in total. The van der Waals surface area contributed by atoms with E-state index in [2.05, 4.69) is 0 Å². The average molecular weight is 244 g/mol. The van der Waals surface area contributed by atoms with Crippen LogP contribution in [0.5, 0.6) is 5.75 Å². The summed E-state index contributed by atoms with van der Waals surface area (Å²) in [5.41, 5.74) is 0.505. The maximum absolute atomic E-state index is 13.2. The van der Waals surface area contributed by atoms with Crippen molar-refractivity contribution in [2.45, 2.75) is 18.1 Å². The highest BCUT2D eigenvalue weighted by Crippen LogP contribution is 2.46. The molecule has 16 heavy (non-hydrogen) atoms. The van der Waals surface area contributed by atoms with E-state index in [0.717, 1.165) is 12.8 Å². The third-order valence-corrected chi connectivity index (χ3v) is 4.06. The first-order valence-corrected chi connectivity index (χ1v) is 6.54. The van der Waals surface area contributed by atoms with Gasteiger partial charge in [-0.05, 0) is 36.5 Å². The van der Waals surface area contributed by atoms with Crippen LogP contribution in [0.3, 0.4) is 0 Å². The number of ether oxygens (including phenoxy) is 1. The Morgan fingerprint density at radius 3 is 2.25 bits per heavy atom. The maximum atomic E-state index is 13.2. The minimum Gasteiger partial charge on any atom is -0.497 e. The number of methoxy groups -OCH3 is 1. The second-order valence-corrected chi connectivity index (χ2v) is 5.47. The van der Waals surface area contributed by atoms with Gasteiger partial charge in [0, 0.05) is 0 Å². The summed E-state index contributed by atoms with van der Waals surface area (Å²) in [6, 6.07) is 6.52. The lowest BCUT2D eigenvalue weighted by Gasteiger charge is -2.12. The molecule has 1 aromatic rings. The Kier molecular flexibility index (Phi) is 2.88. The third-order valence-electron chi connectivity index (χ3n) is 2.80. The molecule has 1 saturated carbocycles. The molecule has 0 amide bonds. The van der Waals surface area contributed by atoms with Crippen LogP contribution in [0.2, 0.25) is 0 Å². The smallest absolute Gasteiger partial charge is 0.309 e. The molecule has 1 unspecified atom stereocenters. The molecule has 1 aliphatic rings. The quantitative estimate of drug-likeness (QED) is 0.764. The Hall–Kier alpha value is -1.10. The summed E-state index contributed by atoms with van der Waals surface area (Å²) >= 11 is 0. The second kappa shape index (κ2) is 4.05. The Labute approximate surface area is 94.5 Å². The molecular weight excluding hydrogens is 231 g/mol. The predicted molar refractivity (Wildman–Crippen MR) is 58.5 cm³/mol. The van der Waals surface area contributed by atoms with Gasteiger partial charge in [0.1, 0.15) is 11.0 Å². The largest absolute Gasteiger partial charge is 0.497 e. The SMILES string of the molecule is COc1ccc(C(C2CC2)S(=O)(=O)F)cc1. The summed E-state index contributed by atoms with van der Waals surface area (Å²) in [4.78, 5) is 0. The van der Waals surface area contributed by atoms with Crippen LogP contribution < -0.4 is 4.74 Å². The van der Waals surface area contributed by atoms with Crippen LogP contribution in [0.4, 0.5) is 3.89 Å². The van der Waals surface area contributed by atoms with E-state index < -0.39 is 15.5 Å². The Balaban J connectivity index is 2.32. The van der Waals surface area contributed by atoms with Crippen molar-refractivity contribution in [3.05, 3.63) is 29.8 Å². The number of benzene rings is 1. The molecule has 88 valence electrons. The van der Waals surface area contributed by atoms with Crippen LogP contribution in [-0.4, -0.2) is 15.5 Å². The lowest BCUT2D eigenvalue weighted by molar-refractivity contribution is 0.414. The van der Waals surface area contributed by atoms with E-state index in [1.165, 1.54) is 7.11 Å². The van der Waals surface area contributed by atoms with Crippen LogP contribution in [-0.2, 0) is 10.2 Å². The highest BCUT2D eigenvalue weighted by Gasteiger charge is 2.41. The van der Waals surface area contributed by atoms with Crippen molar-refractivity contribution in [1.29, 1.82) is 0 Å². The van der Waals surface area contributed by atoms with Crippen molar-refractivity contribution in [2.24, 2.45) is 5.92 Å². The van der Waals surface area contributed by atoms with Gasteiger partial charge in [-0.3, -0.25) is 0 Å². The molecule has 0 aliphatic heterocycles. The van der Waals surface area contributed by atoms with E-state index in [-0.39, 0.29) is 5.92 Å². The first-order chi connectivity index (χ1) is 7.52. The summed E-state index contributed by atoms with van der Waals surface area (Å²) < 4.78 is 40.3. The zero-order valence-electron chi connectivity index (χ0n) is 8.89. The number of hydrogen-bond acceptors (Lipinski definition) is 3. The fourth-order valence-corrected chi connectivity index (χ4v) is 3.07. The van der Waals surface area contributed by atoms with Gasteiger partial charge in [0.05, 0.1) is 7.11 Å². The molecule has 0 aromatic heterocycles. The lowest BCUT2D eigenvalue weighted by atomic mass is 10.1. The normalized spacial score (nSPS) is 18.1. The molecule has 1 fully saturated rings. The maximum Gasteiger partial charge on any atom is 0.309 e. The van der Waals surface area contributed by atoms with Crippen molar-refractivity contribution < 1.29 is 17.0 Å². The topological polar surface area (TPSA) is 43.4 Å². The molecule has 0 bridgehead atoms. The average Bonchev–Trinajstić information content (AvgIpc) is 3.01. The molecule has 0 spiro atoms. The lowest BCUT2D eigenvalue weighted by Crippen LogP contribution is -2.10. The zero-order chi connectivity index (χ0) is 11.8. The Morgan fingerprint density at radius 2 is 1.88 bits per heavy atom. The molecule has 0 radical (unpaired) electrons. The van der Waals surface area contributed by atoms with Crippen LogP contribution in [0, 0.1) is 5.92 Å². The third kappa shape index (κ3) is 2.35. The summed E-state index contributed by atoms with van der Waals surface area (Å²) in [6.45, 7) is 0. The fourth-order valence-electron chi connectivity index (χ4n) is 1.86. The standard InChI is InChI=1S/C11H13FO3S/c1-15-10-6-4-9(5-7-10)11(8-2-3-8)16(12,13)14/h4-8,11H,2-3H2,1H3. The van der Waals surface area contributed by atoms with Gasteiger partial charge in [-0.15, -0.1) is 3.89 Å². The van der Waals surface area contributed by atoms with E-state index in [1.54, 1.807) is 24.3 Å². The van der Waals surface area contributed by atoms with Crippen LogP contribution in [0.1, 0.15) is 23.7 Å². The minimum absolute atomic E-state index is 0.0663. The highest BCUT2D eigenvalue weighted by molar-refractivity contribution is 7.86. The van der Waals surface area contributed by atoms with Gasteiger partial charge in [-0.25, -0.2) is 0 Å². The van der Waals surface area contributed by atoms with Crippen LogP contribution in [0.15, 0.2) is 24.3 Å². The number of hydrogen-bond donors (Lipinski definition) is 0. The van der Waals surface area contributed by atoms with E-state index in [4.69, 9.17) is 4.74 Å². The highest BCUT2D eigenvalue weighted by atomic mass is 32.3. The van der Waals surface area contributed by atoms with Gasteiger partial charge < -0.3 is 4.74 Å². The molecule has 0 heterocycles. The van der Waals surface area contributed by atoms with Crippen molar-refractivity contribution in [3.63, 3.8) is 0 Å². The molecule has 5 heteroatoms. The van der Waals surface area contributed by atoms with Gasteiger partial charge in [0.2, 0.25) is 0 Å². The second-order valence-electron chi connectivity index (χ2n) is 4.01. The van der Waals surface area contributed by atoms with Gasteiger partial charge in [-0.1, -0.05) is 12.1 Å². The number of halogens is 1. The van der Waals surface area contributed by atoms with Gasteiger partial charge in [0.15, 0.2) is 0 Å². The van der Waals surface area contributed by atoms with Gasteiger partial charge >= 0.3 is 10.2 Å². The fraction of sp³-hybridized carbons (Fsp3) is 0.455. The zero-order valence-corrected chi connectivity index (χ0v) is 9.71. The molecule has 2 rings (SSSR count). The van der Waals surface area contributed by atoms with E-state index in [1.807, 2.05) is 0 Å². The summed E-state index contributed by atoms with van der Waals surface area (Å²) in [5, 5.41) is -1.00. The molecule has 0 N–H and O–H groups in total. The predicted octanol–water partition coefficient (Wildman–Crippen LogP) is 2.45. The summed E-state index contributed by atoms with van der Waals surface area (Å²) in [5.74, 6) is 0.568. The van der Waals surface area contributed by atoms with Crippen molar-refractivity contribution >= 4 is 10.2 Å². The first kappa shape index (κ1) is 11.4. The first-order valence-electron chi connectivity index (χ1n) is 5.10. The van der Waals surface area contributed by atoms with Gasteiger partial charge in [-0.2, -0.15) is 8.42 Å². The van der Waals surface area contributed by atoms with Crippen molar-refractivity contribution in [2.75, 3.05) is 7.11 Å². The van der Waals surface area contributed by atoms with Crippen LogP contribution in [0.25, 0.3) is 0 Å². The number of rotatable bonds is 4. The minimum atomic E-state index is -4.52. The molecule has 1 atom stereocenters. The molecule has 0 saturated heterocycles. The van der Waals surface area contributed by atoms with Gasteiger partial charge in [0.25, 0.3) is 0 Å². The van der Waals surface area contributed by atoms with Crippen LogP contribution >= 0.6 is 0 Å². The van der Waals surface area contributed by atoms with E-state index in [0.29, 0.717) is 11.3 Å². The Morgan fingerprint density at radius 1 is 1.31 bits per heavy atom. The Bertz CT molecular complexity index is 463. The van der Waals surface area contributed by atoms with Crippen molar-refractivity contribution in [3.8, 4) is 5.75 Å². The van der Waals surface area contributed by atoms with E-state index in [9.17, 15) is 12.3 Å². The molecule has 1 aromatic carbocycles. The molecule has 1 aliphatic carbocycles. The monoisotopic (exact) mass is 244 g/mol. The summed E-state index contributed by atoms with van der Waals surface area (Å²) in [7, 11) is -2.99. The van der Waals surface area contributed by atoms with E-state index >= 15 is 0 Å². The molecular formula is C11H13FO3S.